The van der Waals surface area contributed by atoms with Crippen LogP contribution in [0.2, 0.25) is 5.02 Å². The second-order valence-electron chi connectivity index (χ2n) is 6.01. The highest BCUT2D eigenvalue weighted by Gasteiger charge is 2.19. The maximum absolute atomic E-state index is 12.2. The number of carbonyl (C=O) groups is 2. The zero-order chi connectivity index (χ0) is 20.2. The number of hydrogen-bond acceptors (Lipinski definition) is 4. The molecular weight excluding hydrogens is 390 g/mol. The fraction of sp³-hybridized carbons (Fsp3) is 0.222. The van der Waals surface area contributed by atoms with E-state index in [0.717, 1.165) is 9.87 Å². The molecule has 0 aromatic heterocycles. The average molecular weight is 410 g/mol. The predicted octanol–water partition coefficient (Wildman–Crippen LogP) is 2.27. The topological polar surface area (TPSA) is 95.6 Å². The SMILES string of the molecule is Cc1ccc(NC(=O)CNC(=O)c2cccc(S(=O)(=O)N(C)C)c2)cc1Cl. The Bertz CT molecular complexity index is 974. The van der Waals surface area contributed by atoms with E-state index in [1.54, 1.807) is 18.2 Å². The van der Waals surface area contributed by atoms with Crippen molar-refractivity contribution in [2.24, 2.45) is 0 Å². The molecule has 27 heavy (non-hydrogen) atoms. The van der Waals surface area contributed by atoms with Crippen molar-refractivity contribution in [3.8, 4) is 0 Å². The lowest BCUT2D eigenvalue weighted by Crippen LogP contribution is -2.33. The molecule has 9 heteroatoms. The molecule has 2 amide bonds. The van der Waals surface area contributed by atoms with Gasteiger partial charge in [0.25, 0.3) is 5.91 Å². The zero-order valence-corrected chi connectivity index (χ0v) is 16.7. The average Bonchev–Trinajstić information content (AvgIpc) is 2.62. The van der Waals surface area contributed by atoms with E-state index >= 15 is 0 Å². The Kier molecular flexibility index (Phi) is 6.59. The third-order valence-corrected chi connectivity index (χ3v) is 5.96. The Balaban J connectivity index is 2.01. The van der Waals surface area contributed by atoms with Crippen molar-refractivity contribution in [1.29, 1.82) is 0 Å². The van der Waals surface area contributed by atoms with E-state index in [1.807, 2.05) is 6.92 Å². The molecule has 7 nitrogen and oxygen atoms in total. The van der Waals surface area contributed by atoms with Gasteiger partial charge in [-0.3, -0.25) is 9.59 Å². The number of nitrogens with one attached hydrogen (secondary N) is 2. The molecule has 144 valence electrons. The Morgan fingerprint density at radius 2 is 1.81 bits per heavy atom. The molecular formula is C18H20ClN3O4S. The van der Waals surface area contributed by atoms with Gasteiger partial charge in [0.1, 0.15) is 0 Å². The van der Waals surface area contributed by atoms with E-state index in [0.29, 0.717) is 10.7 Å². The molecule has 0 bridgehead atoms. The van der Waals surface area contributed by atoms with Gasteiger partial charge in [0.15, 0.2) is 0 Å². The van der Waals surface area contributed by atoms with Crippen LogP contribution in [0, 0.1) is 6.92 Å². The molecule has 0 aliphatic heterocycles. The molecule has 0 spiro atoms. The Labute approximate surface area is 163 Å². The van der Waals surface area contributed by atoms with Crippen molar-refractivity contribution in [3.05, 3.63) is 58.6 Å². The minimum atomic E-state index is -3.65. The van der Waals surface area contributed by atoms with Gasteiger partial charge in [-0.2, -0.15) is 0 Å². The van der Waals surface area contributed by atoms with Crippen LogP contribution in [-0.4, -0.2) is 45.2 Å². The van der Waals surface area contributed by atoms with Crippen LogP contribution >= 0.6 is 11.6 Å². The Morgan fingerprint density at radius 1 is 1.11 bits per heavy atom. The highest BCUT2D eigenvalue weighted by Crippen LogP contribution is 2.19. The number of hydrogen-bond donors (Lipinski definition) is 2. The molecule has 0 heterocycles. The number of carbonyl (C=O) groups excluding carboxylic acids is 2. The zero-order valence-electron chi connectivity index (χ0n) is 15.1. The molecule has 2 rings (SSSR count). The number of nitrogens with zero attached hydrogens (tertiary/aromatic N) is 1. The van der Waals surface area contributed by atoms with Crippen LogP contribution in [0.15, 0.2) is 47.4 Å². The molecule has 0 atom stereocenters. The van der Waals surface area contributed by atoms with Crippen LogP contribution in [-0.2, 0) is 14.8 Å². The van der Waals surface area contributed by atoms with Gasteiger partial charge in [-0.1, -0.05) is 23.7 Å². The van der Waals surface area contributed by atoms with Crippen LogP contribution in [0.3, 0.4) is 0 Å². The van der Waals surface area contributed by atoms with Crippen molar-refractivity contribution in [2.45, 2.75) is 11.8 Å². The van der Waals surface area contributed by atoms with E-state index in [-0.39, 0.29) is 17.0 Å². The number of aryl methyl sites for hydroxylation is 1. The molecule has 0 aliphatic carbocycles. The van der Waals surface area contributed by atoms with Gasteiger partial charge in [-0.25, -0.2) is 12.7 Å². The van der Waals surface area contributed by atoms with Gasteiger partial charge in [-0.15, -0.1) is 0 Å². The number of benzene rings is 2. The summed E-state index contributed by atoms with van der Waals surface area (Å²) in [7, 11) is -0.838. The van der Waals surface area contributed by atoms with Gasteiger partial charge >= 0.3 is 0 Å². The summed E-state index contributed by atoms with van der Waals surface area (Å²) in [5.41, 5.74) is 1.54. The van der Waals surface area contributed by atoms with Gasteiger partial charge in [-0.05, 0) is 42.8 Å². The molecule has 0 fully saturated rings. The molecule has 0 unspecified atom stereocenters. The number of anilines is 1. The first-order valence-corrected chi connectivity index (χ1v) is 9.80. The standard InChI is InChI=1S/C18H20ClN3O4S/c1-12-7-8-14(10-16(12)19)21-17(23)11-20-18(24)13-5-4-6-15(9-13)27(25,26)22(2)3/h4-10H,11H2,1-3H3,(H,20,24)(H,21,23). The molecule has 0 aliphatic rings. The van der Waals surface area contributed by atoms with E-state index < -0.39 is 21.8 Å². The molecule has 0 saturated carbocycles. The van der Waals surface area contributed by atoms with E-state index in [9.17, 15) is 18.0 Å². The van der Waals surface area contributed by atoms with Gasteiger partial charge in [0.05, 0.1) is 11.4 Å². The largest absolute Gasteiger partial charge is 0.343 e. The number of rotatable bonds is 6. The summed E-state index contributed by atoms with van der Waals surface area (Å²) in [6.45, 7) is 1.58. The molecule has 0 saturated heterocycles. The highest BCUT2D eigenvalue weighted by atomic mass is 35.5. The first-order valence-electron chi connectivity index (χ1n) is 7.98. The second kappa shape index (κ2) is 8.51. The van der Waals surface area contributed by atoms with Crippen molar-refractivity contribution in [2.75, 3.05) is 26.0 Å². The smallest absolute Gasteiger partial charge is 0.251 e. The second-order valence-corrected chi connectivity index (χ2v) is 8.57. The fourth-order valence-corrected chi connectivity index (χ4v) is 3.28. The maximum atomic E-state index is 12.2. The van der Waals surface area contributed by atoms with Crippen LogP contribution in [0.1, 0.15) is 15.9 Å². The monoisotopic (exact) mass is 409 g/mol. The van der Waals surface area contributed by atoms with Crippen molar-refractivity contribution in [1.82, 2.24) is 9.62 Å². The third-order valence-electron chi connectivity index (χ3n) is 3.74. The van der Waals surface area contributed by atoms with Crippen molar-refractivity contribution < 1.29 is 18.0 Å². The first kappa shape index (κ1) is 20.9. The quantitative estimate of drug-likeness (QED) is 0.764. The van der Waals surface area contributed by atoms with Gasteiger partial charge < -0.3 is 10.6 Å². The summed E-state index contributed by atoms with van der Waals surface area (Å²) in [6.07, 6.45) is 0. The summed E-state index contributed by atoms with van der Waals surface area (Å²) in [5, 5.41) is 5.61. The highest BCUT2D eigenvalue weighted by molar-refractivity contribution is 7.89. The summed E-state index contributed by atoms with van der Waals surface area (Å²) in [4.78, 5) is 24.2. The Morgan fingerprint density at radius 3 is 2.44 bits per heavy atom. The van der Waals surface area contributed by atoms with E-state index in [1.165, 1.54) is 38.4 Å². The van der Waals surface area contributed by atoms with Crippen LogP contribution in [0.4, 0.5) is 5.69 Å². The van der Waals surface area contributed by atoms with Crippen LogP contribution in [0.5, 0.6) is 0 Å². The van der Waals surface area contributed by atoms with Crippen molar-refractivity contribution in [3.63, 3.8) is 0 Å². The Hall–Kier alpha value is -2.42. The molecule has 2 aromatic carbocycles. The fourth-order valence-electron chi connectivity index (χ4n) is 2.15. The maximum Gasteiger partial charge on any atom is 0.251 e. The lowest BCUT2D eigenvalue weighted by Gasteiger charge is -2.12. The summed E-state index contributed by atoms with van der Waals surface area (Å²) in [6, 6.07) is 10.7. The molecule has 2 N–H and O–H groups in total. The van der Waals surface area contributed by atoms with Gasteiger partial charge in [0, 0.05) is 30.4 Å². The lowest BCUT2D eigenvalue weighted by molar-refractivity contribution is -0.115. The summed E-state index contributed by atoms with van der Waals surface area (Å²) < 4.78 is 25.4. The predicted molar refractivity (Wildman–Crippen MR) is 104 cm³/mol. The first-order chi connectivity index (χ1) is 12.6. The van der Waals surface area contributed by atoms with Gasteiger partial charge in [0.2, 0.25) is 15.9 Å². The number of amides is 2. The normalized spacial score (nSPS) is 11.3. The third kappa shape index (κ3) is 5.29. The number of halogens is 1. The molecule has 0 radical (unpaired) electrons. The number of sulfonamides is 1. The van der Waals surface area contributed by atoms with E-state index in [2.05, 4.69) is 10.6 Å². The minimum Gasteiger partial charge on any atom is -0.343 e. The van der Waals surface area contributed by atoms with Crippen LogP contribution in [0.25, 0.3) is 0 Å². The van der Waals surface area contributed by atoms with Crippen molar-refractivity contribution >= 4 is 39.1 Å². The minimum absolute atomic E-state index is 0.00102. The van der Waals surface area contributed by atoms with Crippen LogP contribution < -0.4 is 10.6 Å². The lowest BCUT2D eigenvalue weighted by atomic mass is 10.2. The molecule has 2 aromatic rings. The summed E-state index contributed by atoms with van der Waals surface area (Å²) >= 11 is 6.01. The summed E-state index contributed by atoms with van der Waals surface area (Å²) in [5.74, 6) is -0.983. The van der Waals surface area contributed by atoms with E-state index in [4.69, 9.17) is 11.6 Å².